The summed E-state index contributed by atoms with van der Waals surface area (Å²) in [7, 11) is 0. The molecule has 0 bridgehead atoms. The zero-order valence-electron chi connectivity index (χ0n) is 20.5. The van der Waals surface area contributed by atoms with Crippen LogP contribution in [0.25, 0.3) is 0 Å². The lowest BCUT2D eigenvalue weighted by atomic mass is 9.45. The van der Waals surface area contributed by atoms with Gasteiger partial charge >= 0.3 is 0 Å². The van der Waals surface area contributed by atoms with E-state index >= 15 is 0 Å². The van der Waals surface area contributed by atoms with Gasteiger partial charge in [-0.25, -0.2) is 0 Å². The van der Waals surface area contributed by atoms with Crippen LogP contribution in [0.4, 0.5) is 0 Å². The van der Waals surface area contributed by atoms with E-state index in [1.165, 1.54) is 11.1 Å². The highest BCUT2D eigenvalue weighted by Crippen LogP contribution is 2.67. The van der Waals surface area contributed by atoms with Gasteiger partial charge in [0.15, 0.2) is 11.6 Å². The van der Waals surface area contributed by atoms with E-state index in [2.05, 4.69) is 26.0 Å². The molecule has 0 spiro atoms. The van der Waals surface area contributed by atoms with Gasteiger partial charge in [0.2, 0.25) is 0 Å². The van der Waals surface area contributed by atoms with Gasteiger partial charge in [0.25, 0.3) is 0 Å². The van der Waals surface area contributed by atoms with Crippen molar-refractivity contribution in [3.8, 4) is 0 Å². The highest BCUT2D eigenvalue weighted by Gasteiger charge is 2.68. The van der Waals surface area contributed by atoms with Gasteiger partial charge in [-0.2, -0.15) is 11.8 Å². The first-order valence-corrected chi connectivity index (χ1v) is 14.1. The summed E-state index contributed by atoms with van der Waals surface area (Å²) in [5, 5.41) is 23.3. The molecule has 0 aliphatic heterocycles. The number of carbonyl (C=O) groups is 2. The Bertz CT molecular complexity index is 989. The first-order valence-electron chi connectivity index (χ1n) is 13.0. The van der Waals surface area contributed by atoms with E-state index < -0.39 is 17.1 Å². The lowest BCUT2D eigenvalue weighted by molar-refractivity contribution is -0.178. The van der Waals surface area contributed by atoms with Crippen LogP contribution >= 0.6 is 11.8 Å². The molecule has 34 heavy (non-hydrogen) atoms. The first kappa shape index (κ1) is 24.3. The molecule has 0 saturated heterocycles. The van der Waals surface area contributed by atoms with Gasteiger partial charge in [-0.1, -0.05) is 49.8 Å². The summed E-state index contributed by atoms with van der Waals surface area (Å²) in [5.41, 5.74) is 0.386. The minimum absolute atomic E-state index is 0.0629. The Morgan fingerprint density at radius 3 is 2.65 bits per heavy atom. The van der Waals surface area contributed by atoms with Crippen molar-refractivity contribution >= 4 is 23.3 Å². The number of aryl methyl sites for hydroxylation is 1. The highest BCUT2D eigenvalue weighted by molar-refractivity contribution is 7.99. The number of hydrogen-bond acceptors (Lipinski definition) is 5. The van der Waals surface area contributed by atoms with Crippen molar-refractivity contribution < 1.29 is 19.8 Å². The third kappa shape index (κ3) is 3.74. The van der Waals surface area contributed by atoms with Gasteiger partial charge in [-0.05, 0) is 85.5 Å². The van der Waals surface area contributed by atoms with Crippen LogP contribution in [0.5, 0.6) is 0 Å². The van der Waals surface area contributed by atoms with Crippen LogP contribution < -0.4 is 0 Å². The molecule has 0 heterocycles. The van der Waals surface area contributed by atoms with E-state index in [9.17, 15) is 19.8 Å². The number of thioether (sulfide) groups is 1. The number of carbonyl (C=O) groups excluding carboxylic acids is 2. The Balaban J connectivity index is 1.30. The van der Waals surface area contributed by atoms with Gasteiger partial charge in [-0.3, -0.25) is 9.59 Å². The minimum atomic E-state index is -1.36. The fraction of sp³-hybridized carbons (Fsp3) is 0.655. The lowest BCUT2D eigenvalue weighted by Crippen LogP contribution is -2.62. The maximum Gasteiger partial charge on any atom is 0.174 e. The fourth-order valence-corrected chi connectivity index (χ4v) is 9.22. The van der Waals surface area contributed by atoms with Crippen molar-refractivity contribution in [2.45, 2.75) is 76.9 Å². The molecule has 3 fully saturated rings. The lowest BCUT2D eigenvalue weighted by Gasteiger charge is -2.60. The van der Waals surface area contributed by atoms with Crippen molar-refractivity contribution in [3.05, 3.63) is 47.5 Å². The van der Waals surface area contributed by atoms with Crippen LogP contribution in [0.3, 0.4) is 0 Å². The van der Waals surface area contributed by atoms with Gasteiger partial charge in [0.05, 0.1) is 11.9 Å². The molecule has 0 aromatic heterocycles. The van der Waals surface area contributed by atoms with Crippen LogP contribution in [0.2, 0.25) is 0 Å². The summed E-state index contributed by atoms with van der Waals surface area (Å²) < 4.78 is 0. The normalized spacial score (nSPS) is 41.3. The predicted molar refractivity (Wildman–Crippen MR) is 136 cm³/mol. The molecule has 3 saturated carbocycles. The maximum absolute atomic E-state index is 13.4. The summed E-state index contributed by atoms with van der Waals surface area (Å²) in [4.78, 5) is 25.5. The monoisotopic (exact) mass is 482 g/mol. The van der Waals surface area contributed by atoms with Crippen molar-refractivity contribution in [3.63, 3.8) is 0 Å². The number of Topliss-reactive ketones (excluding diaryl/α,β-unsaturated/α-hetero) is 1. The average Bonchev–Trinajstić information content (AvgIpc) is 3.08. The molecule has 1 aromatic carbocycles. The molecule has 0 amide bonds. The number of aliphatic hydroxyl groups is 2. The first-order chi connectivity index (χ1) is 16.2. The van der Waals surface area contributed by atoms with Crippen LogP contribution in [0.1, 0.15) is 64.4 Å². The molecule has 0 radical (unpaired) electrons. The van der Waals surface area contributed by atoms with E-state index in [1.54, 1.807) is 11.8 Å². The topological polar surface area (TPSA) is 74.6 Å². The van der Waals surface area contributed by atoms with E-state index in [0.717, 1.165) is 37.9 Å². The molecule has 5 unspecified atom stereocenters. The Morgan fingerprint density at radius 1 is 1.12 bits per heavy atom. The van der Waals surface area contributed by atoms with Crippen LogP contribution in [0, 0.1) is 28.6 Å². The number of allylic oxidation sites excluding steroid dienone is 1. The van der Waals surface area contributed by atoms with Gasteiger partial charge in [0, 0.05) is 11.8 Å². The third-order valence-corrected chi connectivity index (χ3v) is 11.1. The number of fused-ring (bicyclic) bond motifs is 5. The molecule has 2 N–H and O–H groups in total. The van der Waals surface area contributed by atoms with Gasteiger partial charge < -0.3 is 10.2 Å². The molecule has 5 rings (SSSR count). The molecule has 1 aromatic rings. The predicted octanol–water partition coefficient (Wildman–Crippen LogP) is 4.77. The summed E-state index contributed by atoms with van der Waals surface area (Å²) >= 11 is 1.61. The van der Waals surface area contributed by atoms with Gasteiger partial charge in [-0.15, -0.1) is 0 Å². The van der Waals surface area contributed by atoms with Crippen molar-refractivity contribution in [2.24, 2.45) is 28.6 Å². The van der Waals surface area contributed by atoms with Crippen molar-refractivity contribution in [2.75, 3.05) is 11.5 Å². The maximum atomic E-state index is 13.4. The number of rotatable bonds is 6. The van der Waals surface area contributed by atoms with Gasteiger partial charge in [0.1, 0.15) is 5.60 Å². The second-order valence-corrected chi connectivity index (χ2v) is 12.8. The molecular formula is C29H38O4S. The SMILES string of the molecule is CC12CCC(=O)C=C1CCC1C2[C@@H](O)CC2(C)C1CC[C@]2(O)C(=O)CSCCc1ccccc1. The Labute approximate surface area is 207 Å². The van der Waals surface area contributed by atoms with Crippen LogP contribution in [-0.2, 0) is 16.0 Å². The summed E-state index contributed by atoms with van der Waals surface area (Å²) in [6.45, 7) is 4.30. The smallest absolute Gasteiger partial charge is 0.174 e. The quantitative estimate of drug-likeness (QED) is 0.572. The Morgan fingerprint density at radius 2 is 1.88 bits per heavy atom. The van der Waals surface area contributed by atoms with Crippen LogP contribution in [0.15, 0.2) is 42.0 Å². The second-order valence-electron chi connectivity index (χ2n) is 11.7. The molecule has 4 aliphatic carbocycles. The number of ketones is 2. The zero-order valence-corrected chi connectivity index (χ0v) is 21.3. The molecule has 7 atom stereocenters. The highest BCUT2D eigenvalue weighted by atomic mass is 32.2. The summed E-state index contributed by atoms with van der Waals surface area (Å²) in [6.07, 6.45) is 7.20. The zero-order chi connectivity index (χ0) is 24.1. The summed E-state index contributed by atoms with van der Waals surface area (Å²) in [6, 6.07) is 10.3. The molecule has 184 valence electrons. The molecular weight excluding hydrogens is 444 g/mol. The minimum Gasteiger partial charge on any atom is -0.393 e. The molecule has 4 nitrogen and oxygen atoms in total. The van der Waals surface area contributed by atoms with Crippen molar-refractivity contribution in [1.29, 1.82) is 0 Å². The Hall–Kier alpha value is -1.43. The molecule has 4 aliphatic rings. The number of aliphatic hydroxyl groups excluding tert-OH is 1. The molecule has 5 heteroatoms. The third-order valence-electron chi connectivity index (χ3n) is 10.1. The van der Waals surface area contributed by atoms with Crippen molar-refractivity contribution in [1.82, 2.24) is 0 Å². The second kappa shape index (κ2) is 8.90. The van der Waals surface area contributed by atoms with E-state index in [0.29, 0.717) is 25.0 Å². The largest absolute Gasteiger partial charge is 0.393 e. The number of hydrogen-bond donors (Lipinski definition) is 2. The van der Waals surface area contributed by atoms with Crippen LogP contribution in [-0.4, -0.2) is 45.0 Å². The summed E-state index contributed by atoms with van der Waals surface area (Å²) in [5.74, 6) is 1.96. The standard InChI is InChI=1S/C29H38O4S/c1-27-13-10-21(30)16-20(27)8-9-22-23-11-14-29(33,28(23,2)17-24(31)26(22)27)25(32)18-34-15-12-19-6-4-3-5-7-19/h3-7,16,22-24,26,31,33H,8-15,17-18H2,1-2H3/t22?,23?,24-,26?,27?,28?,29-/m0/s1. The number of benzene rings is 1. The van der Waals surface area contributed by atoms with E-state index in [4.69, 9.17) is 0 Å². The van der Waals surface area contributed by atoms with E-state index in [1.807, 2.05) is 24.3 Å². The average molecular weight is 483 g/mol. The fourth-order valence-electron chi connectivity index (χ4n) is 8.27. The van der Waals surface area contributed by atoms with E-state index in [-0.39, 0.29) is 34.7 Å². The Kier molecular flexibility index (Phi) is 6.35.